The van der Waals surface area contributed by atoms with Crippen LogP contribution in [-0.4, -0.2) is 50.2 Å². The number of imidazole rings is 1. The molecule has 0 N–H and O–H groups in total. The standard InChI is InChI=1S/C27H35N5O/c1-19-30-23-9-5-6-10-24(23)32(19)25-13-21-17-31(16-20-7-3-2-4-8-20)18-22(21)14-26(25)33-27-15-28-11-12-29-27/h5-6,9-12,15,20-22,25-26H,2-4,7-8,13-14,16-18H2,1H3/t21-,22+,25-,26-/m0/s1. The molecular weight excluding hydrogens is 410 g/mol. The van der Waals surface area contributed by atoms with E-state index in [1.807, 2.05) is 0 Å². The molecule has 0 amide bonds. The van der Waals surface area contributed by atoms with Crippen LogP contribution in [0.4, 0.5) is 0 Å². The quantitative estimate of drug-likeness (QED) is 0.550. The molecule has 3 aromatic rings. The Morgan fingerprint density at radius 3 is 2.64 bits per heavy atom. The van der Waals surface area contributed by atoms with Crippen LogP contribution >= 0.6 is 0 Å². The Kier molecular flexibility index (Phi) is 5.78. The van der Waals surface area contributed by atoms with Crippen LogP contribution in [0.2, 0.25) is 0 Å². The Morgan fingerprint density at radius 1 is 1.00 bits per heavy atom. The third-order valence-corrected chi connectivity index (χ3v) is 8.32. The zero-order chi connectivity index (χ0) is 22.2. The van der Waals surface area contributed by atoms with E-state index in [9.17, 15) is 0 Å². The van der Waals surface area contributed by atoms with Crippen molar-refractivity contribution in [3.63, 3.8) is 0 Å². The highest BCUT2D eigenvalue weighted by molar-refractivity contribution is 5.76. The van der Waals surface area contributed by atoms with Gasteiger partial charge < -0.3 is 14.2 Å². The molecule has 4 atom stereocenters. The second kappa shape index (κ2) is 9.05. The first-order valence-electron chi connectivity index (χ1n) is 12.8. The van der Waals surface area contributed by atoms with Crippen molar-refractivity contribution in [2.24, 2.45) is 17.8 Å². The summed E-state index contributed by atoms with van der Waals surface area (Å²) in [6.45, 7) is 5.88. The van der Waals surface area contributed by atoms with Crippen LogP contribution in [0.3, 0.4) is 0 Å². The summed E-state index contributed by atoms with van der Waals surface area (Å²) in [5.74, 6) is 4.03. The Balaban J connectivity index is 1.27. The van der Waals surface area contributed by atoms with Gasteiger partial charge in [0.1, 0.15) is 11.9 Å². The van der Waals surface area contributed by atoms with Crippen LogP contribution in [0.15, 0.2) is 42.9 Å². The number of likely N-dealkylation sites (tertiary alicyclic amines) is 1. The molecule has 6 heteroatoms. The van der Waals surface area contributed by atoms with Crippen molar-refractivity contribution >= 4 is 11.0 Å². The van der Waals surface area contributed by atoms with Crippen molar-refractivity contribution < 1.29 is 4.74 Å². The molecule has 2 saturated carbocycles. The lowest BCUT2D eigenvalue weighted by Crippen LogP contribution is -2.40. The van der Waals surface area contributed by atoms with Crippen molar-refractivity contribution in [1.29, 1.82) is 0 Å². The van der Waals surface area contributed by atoms with E-state index in [0.717, 1.165) is 36.0 Å². The zero-order valence-electron chi connectivity index (χ0n) is 19.6. The fraction of sp³-hybridized carbons (Fsp3) is 0.593. The molecule has 3 aliphatic rings. The van der Waals surface area contributed by atoms with Crippen LogP contribution in [-0.2, 0) is 0 Å². The van der Waals surface area contributed by atoms with E-state index >= 15 is 0 Å². The molecule has 1 aliphatic heterocycles. The summed E-state index contributed by atoms with van der Waals surface area (Å²) < 4.78 is 8.99. The maximum Gasteiger partial charge on any atom is 0.232 e. The molecule has 3 fully saturated rings. The van der Waals surface area contributed by atoms with Gasteiger partial charge in [0.15, 0.2) is 0 Å². The summed E-state index contributed by atoms with van der Waals surface area (Å²) in [5, 5.41) is 0. The Bertz CT molecular complexity index is 1080. The van der Waals surface area contributed by atoms with Gasteiger partial charge in [-0.05, 0) is 62.5 Å². The van der Waals surface area contributed by atoms with E-state index in [0.29, 0.717) is 11.8 Å². The van der Waals surface area contributed by atoms with Crippen molar-refractivity contribution in [3.8, 4) is 5.88 Å². The monoisotopic (exact) mass is 445 g/mol. The van der Waals surface area contributed by atoms with Crippen LogP contribution in [0.5, 0.6) is 5.88 Å². The molecule has 1 saturated heterocycles. The lowest BCUT2D eigenvalue weighted by molar-refractivity contribution is 0.0519. The van der Waals surface area contributed by atoms with E-state index < -0.39 is 0 Å². The second-order valence-corrected chi connectivity index (χ2v) is 10.5. The zero-order valence-corrected chi connectivity index (χ0v) is 19.6. The summed E-state index contributed by atoms with van der Waals surface area (Å²) in [6, 6.07) is 8.76. The van der Waals surface area contributed by atoms with Gasteiger partial charge in [0.2, 0.25) is 5.88 Å². The predicted molar refractivity (Wildman–Crippen MR) is 129 cm³/mol. The highest BCUT2D eigenvalue weighted by Crippen LogP contribution is 2.44. The second-order valence-electron chi connectivity index (χ2n) is 10.5. The van der Waals surface area contributed by atoms with Gasteiger partial charge in [-0.1, -0.05) is 31.4 Å². The van der Waals surface area contributed by atoms with E-state index in [-0.39, 0.29) is 12.1 Å². The van der Waals surface area contributed by atoms with Gasteiger partial charge in [-0.15, -0.1) is 0 Å². The van der Waals surface area contributed by atoms with Crippen LogP contribution in [0.1, 0.15) is 56.8 Å². The summed E-state index contributed by atoms with van der Waals surface area (Å²) in [7, 11) is 0. The van der Waals surface area contributed by atoms with Crippen molar-refractivity contribution in [2.45, 2.75) is 64.0 Å². The molecule has 0 unspecified atom stereocenters. The van der Waals surface area contributed by atoms with Gasteiger partial charge in [-0.3, -0.25) is 4.98 Å². The van der Waals surface area contributed by atoms with Gasteiger partial charge in [0.05, 0.1) is 23.3 Å². The van der Waals surface area contributed by atoms with Gasteiger partial charge in [-0.2, -0.15) is 0 Å². The number of nitrogens with zero attached hydrogens (tertiary/aromatic N) is 5. The lowest BCUT2D eigenvalue weighted by atomic mass is 9.77. The number of rotatable bonds is 5. The molecule has 2 aromatic heterocycles. The maximum atomic E-state index is 6.55. The fourth-order valence-electron chi connectivity index (χ4n) is 6.85. The molecule has 0 bridgehead atoms. The van der Waals surface area contributed by atoms with Crippen LogP contribution < -0.4 is 4.74 Å². The third-order valence-electron chi connectivity index (χ3n) is 8.32. The molecule has 174 valence electrons. The molecule has 0 radical (unpaired) electrons. The van der Waals surface area contributed by atoms with E-state index in [4.69, 9.17) is 9.72 Å². The van der Waals surface area contributed by atoms with E-state index in [1.165, 1.54) is 57.3 Å². The summed E-state index contributed by atoms with van der Waals surface area (Å²) in [5.41, 5.74) is 2.28. The van der Waals surface area contributed by atoms with E-state index in [2.05, 4.69) is 50.6 Å². The summed E-state index contributed by atoms with van der Waals surface area (Å²) >= 11 is 0. The highest BCUT2D eigenvalue weighted by atomic mass is 16.5. The minimum absolute atomic E-state index is 0.0777. The number of benzene rings is 1. The normalized spacial score (nSPS) is 28.8. The molecule has 6 rings (SSSR count). The smallest absolute Gasteiger partial charge is 0.232 e. The third kappa shape index (κ3) is 4.25. The van der Waals surface area contributed by atoms with Crippen molar-refractivity contribution in [1.82, 2.24) is 24.4 Å². The van der Waals surface area contributed by atoms with Crippen molar-refractivity contribution in [3.05, 3.63) is 48.7 Å². The minimum Gasteiger partial charge on any atom is -0.471 e. The first-order valence-corrected chi connectivity index (χ1v) is 12.8. The Labute approximate surface area is 196 Å². The average molecular weight is 446 g/mol. The topological polar surface area (TPSA) is 56.1 Å². The van der Waals surface area contributed by atoms with Crippen LogP contribution in [0, 0.1) is 24.7 Å². The van der Waals surface area contributed by atoms with Crippen LogP contribution in [0.25, 0.3) is 11.0 Å². The fourth-order valence-corrected chi connectivity index (χ4v) is 6.85. The summed E-state index contributed by atoms with van der Waals surface area (Å²) in [4.78, 5) is 16.3. The molecule has 2 aliphatic carbocycles. The first kappa shape index (κ1) is 21.1. The number of aryl methyl sites for hydroxylation is 1. The van der Waals surface area contributed by atoms with Gasteiger partial charge in [0, 0.05) is 32.0 Å². The number of hydrogen-bond acceptors (Lipinski definition) is 5. The molecule has 33 heavy (non-hydrogen) atoms. The molecule has 6 nitrogen and oxygen atoms in total. The van der Waals surface area contributed by atoms with Gasteiger partial charge in [0.25, 0.3) is 0 Å². The van der Waals surface area contributed by atoms with E-state index in [1.54, 1.807) is 18.6 Å². The average Bonchev–Trinajstić information content (AvgIpc) is 3.38. The van der Waals surface area contributed by atoms with Gasteiger partial charge in [-0.25, -0.2) is 9.97 Å². The number of hydrogen-bond donors (Lipinski definition) is 0. The first-order chi connectivity index (χ1) is 16.2. The molecule has 1 aromatic carbocycles. The lowest BCUT2D eigenvalue weighted by Gasteiger charge is -2.39. The Hall–Kier alpha value is -2.47. The maximum absolute atomic E-state index is 6.55. The Morgan fingerprint density at radius 2 is 1.82 bits per heavy atom. The molecule has 3 heterocycles. The highest BCUT2D eigenvalue weighted by Gasteiger charge is 2.45. The SMILES string of the molecule is Cc1nc2ccccc2n1[C@H]1C[C@H]2CN(CC3CCCCC3)C[C@H]2C[C@@H]1Oc1cnccn1. The number of fused-ring (bicyclic) bond motifs is 2. The number of ether oxygens (including phenoxy) is 1. The number of para-hydroxylation sites is 2. The summed E-state index contributed by atoms with van der Waals surface area (Å²) in [6.07, 6.45) is 14.6. The molecular formula is C27H35N5O. The largest absolute Gasteiger partial charge is 0.471 e. The van der Waals surface area contributed by atoms with Gasteiger partial charge >= 0.3 is 0 Å². The minimum atomic E-state index is 0.0777. The molecule has 0 spiro atoms. The van der Waals surface area contributed by atoms with Crippen molar-refractivity contribution in [2.75, 3.05) is 19.6 Å². The predicted octanol–water partition coefficient (Wildman–Crippen LogP) is 5.05. The number of aromatic nitrogens is 4.